The smallest absolute Gasteiger partial charge is 0.244 e. The van der Waals surface area contributed by atoms with Crippen molar-refractivity contribution in [3.8, 4) is 0 Å². The first-order chi connectivity index (χ1) is 9.20. The van der Waals surface area contributed by atoms with Gasteiger partial charge in [-0.05, 0) is 51.0 Å². The maximum absolute atomic E-state index is 13.3. The third-order valence-electron chi connectivity index (χ3n) is 3.53. The zero-order chi connectivity index (χ0) is 15.0. The van der Waals surface area contributed by atoms with Crippen LogP contribution in [0.25, 0.3) is 0 Å². The number of aryl methyl sites for hydroxylation is 1. The minimum atomic E-state index is -0.984. The van der Waals surface area contributed by atoms with E-state index in [1.165, 1.54) is 12.1 Å². The van der Waals surface area contributed by atoms with Crippen molar-refractivity contribution in [2.75, 3.05) is 11.9 Å². The molecule has 20 heavy (non-hydrogen) atoms. The Bertz CT molecular complexity index is 510. The molecule has 3 N–H and O–H groups in total. The van der Waals surface area contributed by atoms with Gasteiger partial charge in [0.2, 0.25) is 5.91 Å². The number of nitrogens with one attached hydrogen (secondary N) is 1. The molecule has 110 valence electrons. The van der Waals surface area contributed by atoms with E-state index in [0.717, 1.165) is 5.56 Å². The van der Waals surface area contributed by atoms with Crippen LogP contribution in [0.15, 0.2) is 18.2 Å². The highest BCUT2D eigenvalue weighted by atomic mass is 19.1. The average Bonchev–Trinajstić information content (AvgIpc) is 2.25. The van der Waals surface area contributed by atoms with Gasteiger partial charge in [0, 0.05) is 18.7 Å². The largest absolute Gasteiger partial charge is 0.375 e. The van der Waals surface area contributed by atoms with Gasteiger partial charge in [-0.25, -0.2) is 4.39 Å². The average molecular weight is 280 g/mol. The lowest BCUT2D eigenvalue weighted by Crippen LogP contribution is -2.59. The van der Waals surface area contributed by atoms with Gasteiger partial charge in [0.15, 0.2) is 0 Å². The van der Waals surface area contributed by atoms with E-state index in [0.29, 0.717) is 25.1 Å². The number of rotatable bonds is 2. The van der Waals surface area contributed by atoms with Crippen LogP contribution in [0, 0.1) is 12.7 Å². The normalized spacial score (nSPS) is 25.2. The molecule has 1 fully saturated rings. The maximum atomic E-state index is 13.3. The van der Waals surface area contributed by atoms with Gasteiger partial charge < -0.3 is 15.8 Å². The molecule has 5 heteroatoms. The summed E-state index contributed by atoms with van der Waals surface area (Å²) in [5, 5.41) is 2.71. The first-order valence-electron chi connectivity index (χ1n) is 6.72. The van der Waals surface area contributed by atoms with Gasteiger partial charge in [0.25, 0.3) is 0 Å². The summed E-state index contributed by atoms with van der Waals surface area (Å²) in [7, 11) is 0. The second-order valence-corrected chi connectivity index (χ2v) is 6.16. The fourth-order valence-corrected chi connectivity index (χ4v) is 2.67. The predicted molar refractivity (Wildman–Crippen MR) is 76.0 cm³/mol. The van der Waals surface area contributed by atoms with Crippen molar-refractivity contribution in [2.45, 2.75) is 44.8 Å². The zero-order valence-corrected chi connectivity index (χ0v) is 12.1. The Labute approximate surface area is 118 Å². The predicted octanol–water partition coefficient (Wildman–Crippen LogP) is 2.36. The molecular formula is C15H21FN2O2. The third kappa shape index (κ3) is 3.35. The highest BCUT2D eigenvalue weighted by molar-refractivity contribution is 5.98. The van der Waals surface area contributed by atoms with Crippen molar-refractivity contribution in [3.05, 3.63) is 29.6 Å². The van der Waals surface area contributed by atoms with E-state index in [-0.39, 0.29) is 11.7 Å². The molecule has 0 aliphatic carbocycles. The molecule has 0 aromatic heterocycles. The molecule has 1 aliphatic heterocycles. The molecule has 1 aliphatic rings. The summed E-state index contributed by atoms with van der Waals surface area (Å²) in [6.45, 7) is 6.04. The van der Waals surface area contributed by atoms with E-state index in [1.807, 2.05) is 13.8 Å². The van der Waals surface area contributed by atoms with Crippen LogP contribution in [0.1, 0.15) is 32.3 Å². The number of hydrogen-bond acceptors (Lipinski definition) is 3. The van der Waals surface area contributed by atoms with Crippen LogP contribution in [-0.2, 0) is 9.53 Å². The van der Waals surface area contributed by atoms with Crippen LogP contribution in [-0.4, -0.2) is 23.7 Å². The lowest BCUT2D eigenvalue weighted by molar-refractivity contribution is -0.133. The van der Waals surface area contributed by atoms with E-state index >= 15 is 0 Å². The molecule has 0 bridgehead atoms. The molecule has 1 aromatic rings. The molecule has 1 heterocycles. The Morgan fingerprint density at radius 1 is 1.40 bits per heavy atom. The molecule has 2 rings (SSSR count). The first-order valence-corrected chi connectivity index (χ1v) is 6.72. The Morgan fingerprint density at radius 3 is 2.70 bits per heavy atom. The van der Waals surface area contributed by atoms with E-state index in [4.69, 9.17) is 10.5 Å². The second-order valence-electron chi connectivity index (χ2n) is 6.16. The molecule has 1 unspecified atom stereocenters. The topological polar surface area (TPSA) is 64.4 Å². The quantitative estimate of drug-likeness (QED) is 0.874. The number of nitrogens with two attached hydrogens (primary N) is 1. The number of benzene rings is 1. The SMILES string of the molecule is Cc1cc(F)cc(NC(=O)C2(N)CCOC(C)(C)C2)c1. The summed E-state index contributed by atoms with van der Waals surface area (Å²) in [6, 6.07) is 4.42. The molecule has 0 spiro atoms. The fourth-order valence-electron chi connectivity index (χ4n) is 2.67. The Balaban J connectivity index is 2.14. The maximum Gasteiger partial charge on any atom is 0.244 e. The van der Waals surface area contributed by atoms with Crippen molar-refractivity contribution in [2.24, 2.45) is 5.73 Å². The van der Waals surface area contributed by atoms with E-state index in [2.05, 4.69) is 5.32 Å². The molecule has 1 amide bonds. The molecular weight excluding hydrogens is 259 g/mol. The van der Waals surface area contributed by atoms with Crippen LogP contribution in [0.5, 0.6) is 0 Å². The van der Waals surface area contributed by atoms with Crippen LogP contribution in [0.2, 0.25) is 0 Å². The number of ether oxygens (including phenoxy) is 1. The standard InChI is InChI=1S/C15H21FN2O2/c1-10-6-11(16)8-12(7-10)18-13(19)15(17)4-5-20-14(2,3)9-15/h6-8H,4-5,9,17H2,1-3H3,(H,18,19). The van der Waals surface area contributed by atoms with Crippen molar-refractivity contribution in [3.63, 3.8) is 0 Å². The van der Waals surface area contributed by atoms with Gasteiger partial charge in [0.05, 0.1) is 5.60 Å². The Morgan fingerprint density at radius 2 is 2.10 bits per heavy atom. The Hall–Kier alpha value is -1.46. The number of amides is 1. The number of halogens is 1. The number of carbonyl (C=O) groups excluding carboxylic acids is 1. The summed E-state index contributed by atoms with van der Waals surface area (Å²) < 4.78 is 18.9. The molecule has 1 atom stereocenters. The van der Waals surface area contributed by atoms with Crippen LogP contribution < -0.4 is 11.1 Å². The summed E-state index contributed by atoms with van der Waals surface area (Å²) >= 11 is 0. The fraction of sp³-hybridized carbons (Fsp3) is 0.533. The Kier molecular flexibility index (Phi) is 3.84. The van der Waals surface area contributed by atoms with Crippen LogP contribution in [0.4, 0.5) is 10.1 Å². The third-order valence-corrected chi connectivity index (χ3v) is 3.53. The lowest BCUT2D eigenvalue weighted by Gasteiger charge is -2.41. The van der Waals surface area contributed by atoms with E-state index in [9.17, 15) is 9.18 Å². The van der Waals surface area contributed by atoms with Crippen molar-refractivity contribution < 1.29 is 13.9 Å². The summed E-state index contributed by atoms with van der Waals surface area (Å²) in [5.41, 5.74) is 5.98. The van der Waals surface area contributed by atoms with E-state index in [1.54, 1.807) is 13.0 Å². The van der Waals surface area contributed by atoms with Gasteiger partial charge in [0.1, 0.15) is 11.4 Å². The van der Waals surface area contributed by atoms with Crippen LogP contribution >= 0.6 is 0 Å². The molecule has 1 saturated heterocycles. The summed E-state index contributed by atoms with van der Waals surface area (Å²) in [4.78, 5) is 12.4. The first kappa shape index (κ1) is 14.9. The van der Waals surface area contributed by atoms with Gasteiger partial charge in [-0.3, -0.25) is 4.79 Å². The van der Waals surface area contributed by atoms with Crippen molar-refractivity contribution >= 4 is 11.6 Å². The minimum absolute atomic E-state index is 0.293. The van der Waals surface area contributed by atoms with Crippen molar-refractivity contribution in [1.82, 2.24) is 0 Å². The number of carbonyl (C=O) groups is 1. The summed E-state index contributed by atoms with van der Waals surface area (Å²) in [5.74, 6) is -0.669. The second kappa shape index (κ2) is 5.14. The van der Waals surface area contributed by atoms with Crippen molar-refractivity contribution in [1.29, 1.82) is 0 Å². The van der Waals surface area contributed by atoms with Crippen LogP contribution in [0.3, 0.4) is 0 Å². The monoisotopic (exact) mass is 280 g/mol. The number of hydrogen-bond donors (Lipinski definition) is 2. The lowest BCUT2D eigenvalue weighted by atomic mass is 9.81. The molecule has 0 radical (unpaired) electrons. The zero-order valence-electron chi connectivity index (χ0n) is 12.1. The number of anilines is 1. The van der Waals surface area contributed by atoms with Gasteiger partial charge in [-0.1, -0.05) is 0 Å². The minimum Gasteiger partial charge on any atom is -0.375 e. The van der Waals surface area contributed by atoms with Gasteiger partial charge in [-0.15, -0.1) is 0 Å². The van der Waals surface area contributed by atoms with Gasteiger partial charge in [-0.2, -0.15) is 0 Å². The highest BCUT2D eigenvalue weighted by Crippen LogP contribution is 2.31. The molecule has 0 saturated carbocycles. The molecule has 1 aromatic carbocycles. The van der Waals surface area contributed by atoms with E-state index < -0.39 is 11.1 Å². The van der Waals surface area contributed by atoms with Gasteiger partial charge >= 0.3 is 0 Å². The highest BCUT2D eigenvalue weighted by Gasteiger charge is 2.43. The summed E-state index contributed by atoms with van der Waals surface area (Å²) in [6.07, 6.45) is 0.886. The molecule has 4 nitrogen and oxygen atoms in total.